The molecule has 0 amide bonds. The SMILES string of the molecule is C[C@@H]1CN(CCN(C)c2c(F)cc(C#N)cc2F)C[C@H](C)O1. The summed E-state index contributed by atoms with van der Waals surface area (Å²) in [4.78, 5) is 3.78. The average molecular weight is 309 g/mol. The maximum absolute atomic E-state index is 14.0. The molecule has 0 bridgehead atoms. The summed E-state index contributed by atoms with van der Waals surface area (Å²) in [6.45, 7) is 6.87. The van der Waals surface area contributed by atoms with E-state index in [0.717, 1.165) is 25.2 Å². The average Bonchev–Trinajstić information content (AvgIpc) is 2.43. The Balaban J connectivity index is 2.01. The zero-order valence-corrected chi connectivity index (χ0v) is 13.1. The molecule has 0 aromatic heterocycles. The first-order chi connectivity index (χ1) is 10.4. The van der Waals surface area contributed by atoms with Crippen LogP contribution in [-0.4, -0.2) is 50.3 Å². The molecule has 1 aliphatic heterocycles. The molecule has 1 saturated heterocycles. The lowest BCUT2D eigenvalue weighted by Crippen LogP contribution is -2.47. The molecule has 120 valence electrons. The Bertz CT molecular complexity index is 540. The summed E-state index contributed by atoms with van der Waals surface area (Å²) in [6, 6.07) is 3.87. The fourth-order valence-electron chi connectivity index (χ4n) is 2.86. The highest BCUT2D eigenvalue weighted by Crippen LogP contribution is 2.24. The van der Waals surface area contributed by atoms with Gasteiger partial charge in [0.05, 0.1) is 23.8 Å². The molecule has 1 heterocycles. The molecule has 0 radical (unpaired) electrons. The van der Waals surface area contributed by atoms with Gasteiger partial charge in [-0.3, -0.25) is 4.90 Å². The molecule has 0 aliphatic carbocycles. The van der Waals surface area contributed by atoms with Gasteiger partial charge < -0.3 is 9.64 Å². The summed E-state index contributed by atoms with van der Waals surface area (Å²) in [5, 5.41) is 8.72. The summed E-state index contributed by atoms with van der Waals surface area (Å²) >= 11 is 0. The van der Waals surface area contributed by atoms with Crippen molar-refractivity contribution in [1.82, 2.24) is 4.90 Å². The lowest BCUT2D eigenvalue weighted by molar-refractivity contribution is -0.0670. The molecule has 1 fully saturated rings. The van der Waals surface area contributed by atoms with Crippen molar-refractivity contribution >= 4 is 5.69 Å². The number of nitriles is 1. The van der Waals surface area contributed by atoms with E-state index in [1.54, 1.807) is 18.0 Å². The van der Waals surface area contributed by atoms with Crippen LogP contribution in [0.4, 0.5) is 14.5 Å². The van der Waals surface area contributed by atoms with Crippen LogP contribution in [0.3, 0.4) is 0 Å². The third-order valence-corrected chi connectivity index (χ3v) is 3.77. The van der Waals surface area contributed by atoms with Gasteiger partial charge in [-0.05, 0) is 26.0 Å². The molecule has 1 aromatic rings. The maximum atomic E-state index is 14.0. The molecule has 6 heteroatoms. The van der Waals surface area contributed by atoms with Gasteiger partial charge in [-0.1, -0.05) is 0 Å². The van der Waals surface area contributed by atoms with E-state index in [1.807, 2.05) is 13.8 Å². The number of likely N-dealkylation sites (N-methyl/N-ethyl adjacent to an activating group) is 1. The predicted molar refractivity (Wildman–Crippen MR) is 80.8 cm³/mol. The lowest BCUT2D eigenvalue weighted by atomic mass is 10.2. The molecule has 0 spiro atoms. The minimum Gasteiger partial charge on any atom is -0.373 e. The highest BCUT2D eigenvalue weighted by atomic mass is 19.1. The van der Waals surface area contributed by atoms with Crippen LogP contribution < -0.4 is 4.90 Å². The first-order valence-electron chi connectivity index (χ1n) is 7.38. The Morgan fingerprint density at radius 1 is 1.27 bits per heavy atom. The molecule has 0 unspecified atom stereocenters. The summed E-state index contributed by atoms with van der Waals surface area (Å²) in [6.07, 6.45) is 0.329. The number of hydrogen-bond acceptors (Lipinski definition) is 4. The van der Waals surface area contributed by atoms with Gasteiger partial charge in [0.25, 0.3) is 0 Å². The van der Waals surface area contributed by atoms with Crippen LogP contribution in [0, 0.1) is 23.0 Å². The van der Waals surface area contributed by atoms with Gasteiger partial charge in [-0.15, -0.1) is 0 Å². The zero-order chi connectivity index (χ0) is 16.3. The number of anilines is 1. The third kappa shape index (κ3) is 3.93. The minimum absolute atomic E-state index is 0.0111. The maximum Gasteiger partial charge on any atom is 0.150 e. The van der Waals surface area contributed by atoms with Crippen LogP contribution >= 0.6 is 0 Å². The molecular formula is C16H21F2N3O. The van der Waals surface area contributed by atoms with Gasteiger partial charge >= 0.3 is 0 Å². The van der Waals surface area contributed by atoms with Crippen LogP contribution in [-0.2, 0) is 4.74 Å². The molecule has 0 N–H and O–H groups in total. The predicted octanol–water partition coefficient (Wildman–Crippen LogP) is 2.38. The van der Waals surface area contributed by atoms with E-state index in [4.69, 9.17) is 10.00 Å². The summed E-state index contributed by atoms with van der Waals surface area (Å²) in [5.41, 5.74) is -0.101. The van der Waals surface area contributed by atoms with Crippen LogP contribution in [0.15, 0.2) is 12.1 Å². The van der Waals surface area contributed by atoms with E-state index in [-0.39, 0.29) is 23.5 Å². The van der Waals surface area contributed by atoms with Crippen molar-refractivity contribution in [1.29, 1.82) is 5.26 Å². The first kappa shape index (κ1) is 16.7. The number of ether oxygens (including phenoxy) is 1. The van der Waals surface area contributed by atoms with Crippen LogP contribution in [0.5, 0.6) is 0 Å². The summed E-state index contributed by atoms with van der Waals surface area (Å²) in [5.74, 6) is -1.41. The van der Waals surface area contributed by atoms with Crippen molar-refractivity contribution in [3.8, 4) is 6.07 Å². The van der Waals surface area contributed by atoms with Crippen molar-refractivity contribution in [3.05, 3.63) is 29.3 Å². The fourth-order valence-corrected chi connectivity index (χ4v) is 2.86. The third-order valence-electron chi connectivity index (χ3n) is 3.77. The number of nitrogens with zero attached hydrogens (tertiary/aromatic N) is 3. The van der Waals surface area contributed by atoms with E-state index in [2.05, 4.69) is 4.90 Å². The largest absolute Gasteiger partial charge is 0.373 e. The second kappa shape index (κ2) is 7.03. The molecule has 2 atom stereocenters. The zero-order valence-electron chi connectivity index (χ0n) is 13.1. The highest BCUT2D eigenvalue weighted by Gasteiger charge is 2.23. The molecule has 1 aliphatic rings. The van der Waals surface area contributed by atoms with Gasteiger partial charge in [0.15, 0.2) is 11.6 Å². The van der Waals surface area contributed by atoms with Gasteiger partial charge in [0.1, 0.15) is 5.69 Å². The Labute approximate surface area is 129 Å². The molecule has 2 rings (SSSR count). The van der Waals surface area contributed by atoms with Crippen molar-refractivity contribution in [2.75, 3.05) is 38.1 Å². The number of benzene rings is 1. The molecular weight excluding hydrogens is 288 g/mol. The van der Waals surface area contributed by atoms with Crippen LogP contribution in [0.1, 0.15) is 19.4 Å². The van der Waals surface area contributed by atoms with Gasteiger partial charge in [-0.2, -0.15) is 5.26 Å². The Hall–Kier alpha value is -1.71. The van der Waals surface area contributed by atoms with Gasteiger partial charge in [0, 0.05) is 33.2 Å². The number of morpholine rings is 1. The van der Waals surface area contributed by atoms with Crippen molar-refractivity contribution in [3.63, 3.8) is 0 Å². The molecule has 4 nitrogen and oxygen atoms in total. The van der Waals surface area contributed by atoms with E-state index in [9.17, 15) is 8.78 Å². The van der Waals surface area contributed by atoms with Crippen molar-refractivity contribution < 1.29 is 13.5 Å². The van der Waals surface area contributed by atoms with Gasteiger partial charge in [0.2, 0.25) is 0 Å². The molecule has 0 saturated carbocycles. The topological polar surface area (TPSA) is 39.5 Å². The van der Waals surface area contributed by atoms with Gasteiger partial charge in [-0.25, -0.2) is 8.78 Å². The van der Waals surface area contributed by atoms with E-state index in [0.29, 0.717) is 13.1 Å². The standard InChI is InChI=1S/C16H21F2N3O/c1-11-9-21(10-12(2)22-11)5-4-20(3)16-14(17)6-13(8-19)7-15(16)18/h6-7,11-12H,4-5,9-10H2,1-3H3/t11-,12+. The van der Waals surface area contributed by atoms with E-state index < -0.39 is 11.6 Å². The Morgan fingerprint density at radius 2 is 1.82 bits per heavy atom. The second-order valence-corrected chi connectivity index (χ2v) is 5.84. The normalized spacial score (nSPS) is 22.4. The number of hydrogen-bond donors (Lipinski definition) is 0. The second-order valence-electron chi connectivity index (χ2n) is 5.84. The summed E-state index contributed by atoms with van der Waals surface area (Å²) in [7, 11) is 1.65. The van der Waals surface area contributed by atoms with Crippen LogP contribution in [0.25, 0.3) is 0 Å². The smallest absolute Gasteiger partial charge is 0.150 e. The molecule has 1 aromatic carbocycles. The monoisotopic (exact) mass is 309 g/mol. The number of rotatable bonds is 4. The minimum atomic E-state index is -0.706. The van der Waals surface area contributed by atoms with Crippen molar-refractivity contribution in [2.24, 2.45) is 0 Å². The first-order valence-corrected chi connectivity index (χ1v) is 7.38. The quantitative estimate of drug-likeness (QED) is 0.856. The highest BCUT2D eigenvalue weighted by molar-refractivity contribution is 5.52. The lowest BCUT2D eigenvalue weighted by Gasteiger charge is -2.36. The van der Waals surface area contributed by atoms with Crippen LogP contribution in [0.2, 0.25) is 0 Å². The Morgan fingerprint density at radius 3 is 2.32 bits per heavy atom. The summed E-state index contributed by atoms with van der Waals surface area (Å²) < 4.78 is 33.6. The van der Waals surface area contributed by atoms with E-state index >= 15 is 0 Å². The Kier molecular flexibility index (Phi) is 5.33. The number of halogens is 2. The molecule has 22 heavy (non-hydrogen) atoms. The van der Waals surface area contributed by atoms with Crippen molar-refractivity contribution in [2.45, 2.75) is 26.1 Å². The fraction of sp³-hybridized carbons (Fsp3) is 0.562. The van der Waals surface area contributed by atoms with E-state index in [1.165, 1.54) is 0 Å².